The first-order valence-electron chi connectivity index (χ1n) is 11.2. The Kier molecular flexibility index (Phi) is 8.63. The highest BCUT2D eigenvalue weighted by molar-refractivity contribution is 5.16. The van der Waals surface area contributed by atoms with Crippen molar-refractivity contribution in [2.75, 3.05) is 19.8 Å². The molecule has 0 amide bonds. The Morgan fingerprint density at radius 2 is 1.66 bits per heavy atom. The molecule has 5 nitrogen and oxygen atoms in total. The Morgan fingerprint density at radius 3 is 2.22 bits per heavy atom. The van der Waals surface area contributed by atoms with E-state index in [9.17, 15) is 5.11 Å². The zero-order valence-electron chi connectivity index (χ0n) is 19.5. The summed E-state index contributed by atoms with van der Waals surface area (Å²) in [6.45, 7) is 11.6. The van der Waals surface area contributed by atoms with Crippen molar-refractivity contribution in [1.29, 1.82) is 0 Å². The number of hydrogen-bond acceptors (Lipinski definition) is 5. The molecule has 3 rings (SSSR count). The molecule has 3 atom stereocenters. The monoisotopic (exact) mass is 440 g/mol. The largest absolute Gasteiger partial charge is 0.396 e. The molecule has 0 spiro atoms. The SMILES string of the molecule is C=C(C)[C@@H]1COC(C)(C)O[C@@]1(COCc1ccccc1)[C@H](CCO)OCc1ccccc1. The summed E-state index contributed by atoms with van der Waals surface area (Å²) in [5.41, 5.74) is 2.24. The summed E-state index contributed by atoms with van der Waals surface area (Å²) in [6.07, 6.45) is 0.00912. The maximum absolute atomic E-state index is 9.91. The summed E-state index contributed by atoms with van der Waals surface area (Å²) in [5.74, 6) is -0.954. The lowest BCUT2D eigenvalue weighted by Crippen LogP contribution is -2.64. The minimum absolute atomic E-state index is 0.0204. The van der Waals surface area contributed by atoms with E-state index in [-0.39, 0.29) is 12.5 Å². The lowest BCUT2D eigenvalue weighted by atomic mass is 9.77. The molecule has 1 saturated heterocycles. The van der Waals surface area contributed by atoms with Gasteiger partial charge in [-0.05, 0) is 38.3 Å². The van der Waals surface area contributed by atoms with Crippen LogP contribution in [0.15, 0.2) is 72.8 Å². The Morgan fingerprint density at radius 1 is 1.06 bits per heavy atom. The van der Waals surface area contributed by atoms with Gasteiger partial charge in [0.25, 0.3) is 0 Å². The summed E-state index contributed by atoms with van der Waals surface area (Å²) in [6, 6.07) is 20.1. The van der Waals surface area contributed by atoms with Crippen LogP contribution in [0.25, 0.3) is 0 Å². The van der Waals surface area contributed by atoms with Gasteiger partial charge in [-0.2, -0.15) is 0 Å². The van der Waals surface area contributed by atoms with E-state index in [2.05, 4.69) is 6.58 Å². The minimum atomic E-state index is -0.847. The Hall–Kier alpha value is -2.02. The maximum atomic E-state index is 9.91. The summed E-state index contributed by atoms with van der Waals surface area (Å²) in [4.78, 5) is 0. The second-order valence-electron chi connectivity index (χ2n) is 8.94. The molecule has 1 N–H and O–H groups in total. The van der Waals surface area contributed by atoms with Crippen LogP contribution in [-0.2, 0) is 32.2 Å². The molecule has 0 aromatic heterocycles. The molecule has 174 valence electrons. The van der Waals surface area contributed by atoms with Crippen molar-refractivity contribution in [2.45, 2.75) is 57.9 Å². The molecule has 2 aromatic carbocycles. The summed E-state index contributed by atoms with van der Waals surface area (Å²) < 4.78 is 25.3. The number of rotatable bonds is 11. The van der Waals surface area contributed by atoms with Gasteiger partial charge in [-0.3, -0.25) is 0 Å². The van der Waals surface area contributed by atoms with Crippen LogP contribution in [0.1, 0.15) is 38.3 Å². The third-order valence-electron chi connectivity index (χ3n) is 5.89. The van der Waals surface area contributed by atoms with Gasteiger partial charge in [-0.1, -0.05) is 72.8 Å². The standard InChI is InChI=1S/C27H36O5/c1-21(2)24-19-31-26(3,4)32-27(24,20-29-17-22-11-7-5-8-12-22)25(15-16-28)30-18-23-13-9-6-10-14-23/h5-14,24-25,28H,1,15-20H2,2-4H3/t24-,25-,27+/m0/s1. The van der Waals surface area contributed by atoms with Crippen LogP contribution in [0, 0.1) is 5.92 Å². The molecule has 2 aromatic rings. The molecule has 1 aliphatic heterocycles. The summed E-state index contributed by atoms with van der Waals surface area (Å²) >= 11 is 0. The summed E-state index contributed by atoms with van der Waals surface area (Å²) in [5, 5.41) is 9.91. The molecule has 0 saturated carbocycles. The van der Waals surface area contributed by atoms with Gasteiger partial charge < -0.3 is 24.1 Å². The topological polar surface area (TPSA) is 57.2 Å². The van der Waals surface area contributed by atoms with Crippen molar-refractivity contribution in [3.05, 3.63) is 83.9 Å². The number of benzene rings is 2. The van der Waals surface area contributed by atoms with Crippen LogP contribution in [0.3, 0.4) is 0 Å². The van der Waals surface area contributed by atoms with E-state index in [0.29, 0.717) is 32.8 Å². The zero-order valence-corrected chi connectivity index (χ0v) is 19.5. The van der Waals surface area contributed by atoms with E-state index in [1.54, 1.807) is 0 Å². The molecule has 1 aliphatic rings. The number of ether oxygens (including phenoxy) is 4. The molecule has 5 heteroatoms. The molecular weight excluding hydrogens is 404 g/mol. The van der Waals surface area contributed by atoms with Crippen molar-refractivity contribution in [2.24, 2.45) is 5.92 Å². The Bertz CT molecular complexity index is 836. The smallest absolute Gasteiger partial charge is 0.163 e. The Balaban J connectivity index is 1.88. The fraction of sp³-hybridized carbons (Fsp3) is 0.481. The lowest BCUT2D eigenvalue weighted by molar-refractivity contribution is -0.360. The molecule has 1 fully saturated rings. The highest BCUT2D eigenvalue weighted by atomic mass is 16.7. The predicted octanol–water partition coefficient (Wildman–Crippen LogP) is 4.89. The molecule has 0 unspecified atom stereocenters. The molecule has 0 radical (unpaired) electrons. The van der Waals surface area contributed by atoms with Gasteiger partial charge in [0.05, 0.1) is 32.5 Å². The molecule has 0 bridgehead atoms. The molecule has 0 aliphatic carbocycles. The van der Waals surface area contributed by atoms with Gasteiger partial charge in [0.2, 0.25) is 0 Å². The van der Waals surface area contributed by atoms with Gasteiger partial charge in [0, 0.05) is 12.5 Å². The minimum Gasteiger partial charge on any atom is -0.396 e. The van der Waals surface area contributed by atoms with Gasteiger partial charge in [0.1, 0.15) is 5.60 Å². The fourth-order valence-corrected chi connectivity index (χ4v) is 4.32. The van der Waals surface area contributed by atoms with Gasteiger partial charge in [-0.15, -0.1) is 0 Å². The van der Waals surface area contributed by atoms with E-state index in [1.807, 2.05) is 81.4 Å². The van der Waals surface area contributed by atoms with Crippen molar-refractivity contribution in [3.8, 4) is 0 Å². The van der Waals surface area contributed by atoms with Crippen molar-refractivity contribution in [1.82, 2.24) is 0 Å². The van der Waals surface area contributed by atoms with Crippen LogP contribution in [0.2, 0.25) is 0 Å². The maximum Gasteiger partial charge on any atom is 0.163 e. The van der Waals surface area contributed by atoms with E-state index in [4.69, 9.17) is 18.9 Å². The first kappa shape index (κ1) is 24.6. The third kappa shape index (κ3) is 6.27. The van der Waals surface area contributed by atoms with E-state index in [1.165, 1.54) is 0 Å². The fourth-order valence-electron chi connectivity index (χ4n) is 4.32. The number of hydrogen-bond donors (Lipinski definition) is 1. The highest BCUT2D eigenvalue weighted by Gasteiger charge is 2.54. The van der Waals surface area contributed by atoms with Crippen molar-refractivity contribution in [3.63, 3.8) is 0 Å². The van der Waals surface area contributed by atoms with Crippen LogP contribution in [-0.4, -0.2) is 42.4 Å². The van der Waals surface area contributed by atoms with Crippen molar-refractivity contribution < 1.29 is 24.1 Å². The molecular formula is C27H36O5. The highest BCUT2D eigenvalue weighted by Crippen LogP contribution is 2.43. The Labute approximate surface area is 192 Å². The molecule has 32 heavy (non-hydrogen) atoms. The first-order chi connectivity index (χ1) is 15.4. The van der Waals surface area contributed by atoms with E-state index >= 15 is 0 Å². The van der Waals surface area contributed by atoms with Crippen molar-refractivity contribution >= 4 is 0 Å². The predicted molar refractivity (Wildman–Crippen MR) is 125 cm³/mol. The lowest BCUT2D eigenvalue weighted by Gasteiger charge is -2.53. The average Bonchev–Trinajstić information content (AvgIpc) is 2.77. The molecule has 1 heterocycles. The van der Waals surface area contributed by atoms with Crippen LogP contribution in [0.4, 0.5) is 0 Å². The van der Waals surface area contributed by atoms with Crippen LogP contribution < -0.4 is 0 Å². The first-order valence-corrected chi connectivity index (χ1v) is 11.2. The number of aliphatic hydroxyl groups excluding tert-OH is 1. The zero-order chi connectivity index (χ0) is 23.0. The van der Waals surface area contributed by atoms with Gasteiger partial charge in [-0.25, -0.2) is 0 Å². The van der Waals surface area contributed by atoms with E-state index in [0.717, 1.165) is 16.7 Å². The van der Waals surface area contributed by atoms with Gasteiger partial charge in [0.15, 0.2) is 5.79 Å². The second-order valence-corrected chi connectivity index (χ2v) is 8.94. The van der Waals surface area contributed by atoms with E-state index < -0.39 is 17.5 Å². The average molecular weight is 441 g/mol. The van der Waals surface area contributed by atoms with Gasteiger partial charge >= 0.3 is 0 Å². The van der Waals surface area contributed by atoms with Crippen LogP contribution in [0.5, 0.6) is 0 Å². The third-order valence-corrected chi connectivity index (χ3v) is 5.89. The quantitative estimate of drug-likeness (QED) is 0.505. The van der Waals surface area contributed by atoms with Crippen LogP contribution >= 0.6 is 0 Å². The normalized spacial score (nSPS) is 23.6. The summed E-state index contributed by atoms with van der Waals surface area (Å²) in [7, 11) is 0. The second kappa shape index (κ2) is 11.2. The number of aliphatic hydroxyl groups is 1.